The second-order valence-corrected chi connectivity index (χ2v) is 7.07. The van der Waals surface area contributed by atoms with Crippen molar-refractivity contribution in [2.75, 3.05) is 5.75 Å². The van der Waals surface area contributed by atoms with Crippen LogP contribution in [0.3, 0.4) is 0 Å². The van der Waals surface area contributed by atoms with Gasteiger partial charge >= 0.3 is 0 Å². The molecule has 21 heavy (non-hydrogen) atoms. The van der Waals surface area contributed by atoms with Gasteiger partial charge in [0.15, 0.2) is 0 Å². The van der Waals surface area contributed by atoms with Crippen LogP contribution in [0.25, 0.3) is 0 Å². The summed E-state index contributed by atoms with van der Waals surface area (Å²) in [5.41, 5.74) is 5.75. The number of nitrogens with one attached hydrogen (secondary N) is 1. The van der Waals surface area contributed by atoms with Crippen molar-refractivity contribution >= 4 is 11.8 Å². The Hall–Kier alpha value is -1.25. The topological polar surface area (TPSA) is 12.0 Å². The molecule has 1 aliphatic heterocycles. The van der Waals surface area contributed by atoms with E-state index < -0.39 is 0 Å². The van der Waals surface area contributed by atoms with Crippen molar-refractivity contribution < 1.29 is 0 Å². The van der Waals surface area contributed by atoms with E-state index in [9.17, 15) is 0 Å². The Morgan fingerprint density at radius 3 is 2.62 bits per heavy atom. The largest absolute Gasteiger partial charge is 0.305 e. The molecule has 3 rings (SSSR count). The van der Waals surface area contributed by atoms with E-state index in [0.29, 0.717) is 12.0 Å². The van der Waals surface area contributed by atoms with Gasteiger partial charge in [0.25, 0.3) is 0 Å². The van der Waals surface area contributed by atoms with Crippen LogP contribution < -0.4 is 5.32 Å². The molecule has 0 amide bonds. The summed E-state index contributed by atoms with van der Waals surface area (Å²) >= 11 is 2.02. The zero-order chi connectivity index (χ0) is 14.7. The van der Waals surface area contributed by atoms with Gasteiger partial charge in [0.1, 0.15) is 0 Å². The monoisotopic (exact) mass is 297 g/mol. The molecule has 0 radical (unpaired) electrons. The normalized spacial score (nSPS) is 17.8. The maximum absolute atomic E-state index is 3.72. The Balaban J connectivity index is 1.66. The van der Waals surface area contributed by atoms with Crippen LogP contribution in [0.2, 0.25) is 0 Å². The van der Waals surface area contributed by atoms with E-state index >= 15 is 0 Å². The van der Waals surface area contributed by atoms with Crippen LogP contribution in [0.1, 0.15) is 48.1 Å². The van der Waals surface area contributed by atoms with Crippen LogP contribution in [-0.2, 0) is 12.3 Å². The van der Waals surface area contributed by atoms with Crippen molar-refractivity contribution in [3.63, 3.8) is 0 Å². The summed E-state index contributed by atoms with van der Waals surface area (Å²) < 4.78 is 0. The average Bonchev–Trinajstić information content (AvgIpc) is 2.53. The van der Waals surface area contributed by atoms with Crippen LogP contribution >= 0.6 is 11.8 Å². The molecule has 0 fully saturated rings. The summed E-state index contributed by atoms with van der Waals surface area (Å²) in [6.45, 7) is 5.42. The predicted molar refractivity (Wildman–Crippen MR) is 92.7 cm³/mol. The van der Waals surface area contributed by atoms with E-state index in [1.165, 1.54) is 28.0 Å². The van der Waals surface area contributed by atoms with E-state index in [1.807, 2.05) is 11.8 Å². The zero-order valence-electron chi connectivity index (χ0n) is 12.8. The number of benzene rings is 2. The fraction of sp³-hybridized carbons (Fsp3) is 0.368. The third-order valence-electron chi connectivity index (χ3n) is 4.17. The smallest absolute Gasteiger partial charge is 0.0417 e. The van der Waals surface area contributed by atoms with Crippen molar-refractivity contribution in [2.24, 2.45) is 0 Å². The molecule has 0 saturated carbocycles. The molecule has 2 aromatic carbocycles. The molecule has 1 nitrogen and oxygen atoms in total. The maximum atomic E-state index is 3.72. The van der Waals surface area contributed by atoms with Gasteiger partial charge in [0, 0.05) is 24.1 Å². The third-order valence-corrected chi connectivity index (χ3v) is 5.26. The number of hydrogen-bond acceptors (Lipinski definition) is 2. The highest BCUT2D eigenvalue weighted by atomic mass is 32.2. The Morgan fingerprint density at radius 1 is 1.10 bits per heavy atom. The summed E-state index contributed by atoms with van der Waals surface area (Å²) in [4.78, 5) is 0. The Labute approximate surface area is 132 Å². The van der Waals surface area contributed by atoms with Crippen LogP contribution in [0.4, 0.5) is 0 Å². The van der Waals surface area contributed by atoms with Gasteiger partial charge in [0.05, 0.1) is 0 Å². The lowest BCUT2D eigenvalue weighted by atomic mass is 10.0. The number of hydrogen-bond donors (Lipinski definition) is 1. The lowest BCUT2D eigenvalue weighted by Gasteiger charge is -2.26. The fourth-order valence-electron chi connectivity index (χ4n) is 2.81. The van der Waals surface area contributed by atoms with Crippen LogP contribution in [0, 0.1) is 0 Å². The van der Waals surface area contributed by atoms with Crippen LogP contribution in [0.5, 0.6) is 0 Å². The standard InChI is InChI=1S/C19H23NS/c1-14(2)16-9-7-15(8-10-16)11-20-19-13-21-12-17-5-3-4-6-18(17)19/h3-10,14,19-20H,11-13H2,1-2H3. The predicted octanol–water partition coefficient (Wildman–Crippen LogP) is 4.89. The molecule has 0 aliphatic carbocycles. The van der Waals surface area contributed by atoms with Gasteiger partial charge < -0.3 is 5.32 Å². The Morgan fingerprint density at radius 2 is 1.86 bits per heavy atom. The Kier molecular flexibility index (Phi) is 4.67. The summed E-state index contributed by atoms with van der Waals surface area (Å²) in [7, 11) is 0. The first-order valence-corrected chi connectivity index (χ1v) is 8.87. The van der Waals surface area contributed by atoms with Gasteiger partial charge in [-0.2, -0.15) is 11.8 Å². The highest BCUT2D eigenvalue weighted by Crippen LogP contribution is 2.31. The molecule has 1 N–H and O–H groups in total. The van der Waals surface area contributed by atoms with E-state index in [4.69, 9.17) is 0 Å². The number of rotatable bonds is 4. The van der Waals surface area contributed by atoms with E-state index in [2.05, 4.69) is 67.7 Å². The molecule has 1 atom stereocenters. The van der Waals surface area contributed by atoms with E-state index in [-0.39, 0.29) is 0 Å². The van der Waals surface area contributed by atoms with Crippen LogP contribution in [-0.4, -0.2) is 5.75 Å². The minimum atomic E-state index is 0.477. The average molecular weight is 297 g/mol. The van der Waals surface area contributed by atoms with Crippen molar-refractivity contribution in [2.45, 2.75) is 38.1 Å². The zero-order valence-corrected chi connectivity index (χ0v) is 13.6. The molecular weight excluding hydrogens is 274 g/mol. The molecule has 0 bridgehead atoms. The van der Waals surface area contributed by atoms with Gasteiger partial charge in [-0.25, -0.2) is 0 Å². The SMILES string of the molecule is CC(C)c1ccc(CNC2CSCc3ccccc32)cc1. The lowest BCUT2D eigenvalue weighted by molar-refractivity contribution is 0.575. The molecule has 0 saturated heterocycles. The number of fused-ring (bicyclic) bond motifs is 1. The van der Waals surface area contributed by atoms with Crippen molar-refractivity contribution in [3.05, 3.63) is 70.8 Å². The first-order valence-electron chi connectivity index (χ1n) is 7.72. The maximum Gasteiger partial charge on any atom is 0.0417 e. The summed E-state index contributed by atoms with van der Waals surface area (Å²) in [6, 6.07) is 18.3. The molecule has 1 unspecified atom stereocenters. The molecule has 1 aliphatic rings. The quantitative estimate of drug-likeness (QED) is 0.862. The molecule has 0 spiro atoms. The molecule has 1 heterocycles. The van der Waals surface area contributed by atoms with Gasteiger partial charge in [-0.3, -0.25) is 0 Å². The van der Waals surface area contributed by atoms with Crippen molar-refractivity contribution in [1.82, 2.24) is 5.32 Å². The number of thioether (sulfide) groups is 1. The van der Waals surface area contributed by atoms with Gasteiger partial charge in [-0.1, -0.05) is 62.4 Å². The van der Waals surface area contributed by atoms with Crippen molar-refractivity contribution in [3.8, 4) is 0 Å². The van der Waals surface area contributed by atoms with Crippen molar-refractivity contribution in [1.29, 1.82) is 0 Å². The summed E-state index contributed by atoms with van der Waals surface area (Å²) in [5.74, 6) is 2.92. The summed E-state index contributed by atoms with van der Waals surface area (Å²) in [5, 5.41) is 3.72. The van der Waals surface area contributed by atoms with E-state index in [0.717, 1.165) is 12.3 Å². The minimum absolute atomic E-state index is 0.477. The molecular formula is C19H23NS. The first-order chi connectivity index (χ1) is 10.2. The third kappa shape index (κ3) is 3.50. The Bertz CT molecular complexity index is 589. The van der Waals surface area contributed by atoms with Gasteiger partial charge in [-0.05, 0) is 28.2 Å². The van der Waals surface area contributed by atoms with Gasteiger partial charge in [-0.15, -0.1) is 0 Å². The second-order valence-electron chi connectivity index (χ2n) is 6.04. The van der Waals surface area contributed by atoms with Crippen LogP contribution in [0.15, 0.2) is 48.5 Å². The fourth-order valence-corrected chi connectivity index (χ4v) is 3.95. The summed E-state index contributed by atoms with van der Waals surface area (Å²) in [6.07, 6.45) is 0. The second kappa shape index (κ2) is 6.67. The lowest BCUT2D eigenvalue weighted by Crippen LogP contribution is -2.26. The van der Waals surface area contributed by atoms with Gasteiger partial charge in [0.2, 0.25) is 0 Å². The molecule has 2 aromatic rings. The highest BCUT2D eigenvalue weighted by molar-refractivity contribution is 7.98. The molecule has 0 aromatic heterocycles. The first kappa shape index (κ1) is 14.7. The van der Waals surface area contributed by atoms with E-state index in [1.54, 1.807) is 0 Å². The molecule has 110 valence electrons. The highest BCUT2D eigenvalue weighted by Gasteiger charge is 2.19. The minimum Gasteiger partial charge on any atom is -0.305 e. The molecule has 2 heteroatoms.